The van der Waals surface area contributed by atoms with Crippen LogP contribution in [-0.4, -0.2) is 30.1 Å². The fourth-order valence-electron chi connectivity index (χ4n) is 2.70. The molecule has 0 saturated carbocycles. The van der Waals surface area contributed by atoms with E-state index in [-0.39, 0.29) is 22.8 Å². The van der Waals surface area contributed by atoms with E-state index in [9.17, 15) is 19.5 Å². The molecule has 2 aromatic carbocycles. The predicted molar refractivity (Wildman–Crippen MR) is 108 cm³/mol. The summed E-state index contributed by atoms with van der Waals surface area (Å²) in [6.07, 6.45) is 1.31. The summed E-state index contributed by atoms with van der Waals surface area (Å²) in [5.74, 6) is -1.57. The van der Waals surface area contributed by atoms with E-state index < -0.39 is 17.8 Å². The predicted octanol–water partition coefficient (Wildman–Crippen LogP) is 3.79. The number of anilines is 1. The summed E-state index contributed by atoms with van der Waals surface area (Å²) in [6.45, 7) is 1.67. The van der Waals surface area contributed by atoms with Gasteiger partial charge < -0.3 is 9.84 Å². The third-order valence-corrected chi connectivity index (χ3v) is 5.28. The van der Waals surface area contributed by atoms with E-state index in [1.54, 1.807) is 25.1 Å². The number of barbiturate groups is 1. The number of imide groups is 2. The van der Waals surface area contributed by atoms with Gasteiger partial charge in [-0.1, -0.05) is 33.6 Å². The number of rotatable bonds is 3. The molecule has 0 atom stereocenters. The van der Waals surface area contributed by atoms with Gasteiger partial charge in [0.05, 0.1) is 12.8 Å². The molecule has 2 N–H and O–H groups in total. The van der Waals surface area contributed by atoms with Crippen LogP contribution >= 0.6 is 27.5 Å². The molecule has 1 saturated heterocycles. The van der Waals surface area contributed by atoms with E-state index >= 15 is 0 Å². The topological polar surface area (TPSA) is 95.9 Å². The van der Waals surface area contributed by atoms with E-state index in [0.29, 0.717) is 20.6 Å². The lowest BCUT2D eigenvalue weighted by Crippen LogP contribution is -2.54. The molecular weight excluding hydrogens is 452 g/mol. The number of hydrogen-bond acceptors (Lipinski definition) is 5. The Bertz CT molecular complexity index is 1050. The van der Waals surface area contributed by atoms with Crippen molar-refractivity contribution in [2.45, 2.75) is 6.92 Å². The molecule has 7 nitrogen and oxygen atoms in total. The largest absolute Gasteiger partial charge is 0.504 e. The zero-order valence-electron chi connectivity index (χ0n) is 14.7. The molecule has 0 unspecified atom stereocenters. The van der Waals surface area contributed by atoms with Gasteiger partial charge in [0.25, 0.3) is 11.8 Å². The minimum atomic E-state index is -0.861. The van der Waals surface area contributed by atoms with Gasteiger partial charge >= 0.3 is 6.03 Å². The Kier molecular flexibility index (Phi) is 5.44. The standard InChI is InChI=1S/C19H14BrClN2O5/c1-9-13(21)4-3-5-14(9)23-18(26)11(17(25)22-19(23)27)6-10-7-16(28-2)15(24)8-12(10)20/h3-8,24H,1-2H3,(H,22,25,27)/b11-6+. The molecule has 0 radical (unpaired) electrons. The first-order valence-corrected chi connectivity index (χ1v) is 9.14. The Labute approximate surface area is 173 Å². The Morgan fingerprint density at radius 2 is 1.96 bits per heavy atom. The number of nitrogens with zero attached hydrogens (tertiary/aromatic N) is 1. The number of phenolic OH excluding ortho intramolecular Hbond substituents is 1. The second-order valence-corrected chi connectivity index (χ2v) is 7.15. The summed E-state index contributed by atoms with van der Waals surface area (Å²) in [4.78, 5) is 38.5. The first-order chi connectivity index (χ1) is 13.2. The molecule has 0 spiro atoms. The van der Waals surface area contributed by atoms with Crippen LogP contribution in [0.5, 0.6) is 11.5 Å². The van der Waals surface area contributed by atoms with Gasteiger partial charge in [-0.25, -0.2) is 9.69 Å². The number of aromatic hydroxyl groups is 1. The molecule has 9 heteroatoms. The maximum absolute atomic E-state index is 13.0. The number of halogens is 2. The number of methoxy groups -OCH3 is 1. The number of hydrogen-bond donors (Lipinski definition) is 2. The van der Waals surface area contributed by atoms with E-state index in [1.807, 2.05) is 0 Å². The van der Waals surface area contributed by atoms with E-state index in [0.717, 1.165) is 4.90 Å². The van der Waals surface area contributed by atoms with Gasteiger partial charge in [-0.05, 0) is 48.4 Å². The third kappa shape index (κ3) is 3.48. The lowest BCUT2D eigenvalue weighted by Gasteiger charge is -2.27. The molecule has 28 heavy (non-hydrogen) atoms. The Balaban J connectivity index is 2.11. The van der Waals surface area contributed by atoms with Crippen LogP contribution in [0.25, 0.3) is 6.08 Å². The van der Waals surface area contributed by atoms with Crippen molar-refractivity contribution in [3.05, 3.63) is 56.5 Å². The van der Waals surface area contributed by atoms with Gasteiger partial charge in [-0.15, -0.1) is 0 Å². The summed E-state index contributed by atoms with van der Waals surface area (Å²) >= 11 is 9.37. The summed E-state index contributed by atoms with van der Waals surface area (Å²) in [6, 6.07) is 6.77. The van der Waals surface area contributed by atoms with E-state index in [4.69, 9.17) is 16.3 Å². The van der Waals surface area contributed by atoms with Crippen LogP contribution in [0.3, 0.4) is 0 Å². The summed E-state index contributed by atoms with van der Waals surface area (Å²) in [5.41, 5.74) is 0.947. The quantitative estimate of drug-likeness (QED) is 0.531. The molecule has 2 aromatic rings. The maximum atomic E-state index is 13.0. The highest BCUT2D eigenvalue weighted by Crippen LogP contribution is 2.34. The van der Waals surface area contributed by atoms with Gasteiger partial charge in [-0.2, -0.15) is 0 Å². The van der Waals surface area contributed by atoms with Crippen LogP contribution in [0, 0.1) is 6.92 Å². The van der Waals surface area contributed by atoms with Crippen LogP contribution in [0.1, 0.15) is 11.1 Å². The first kappa shape index (κ1) is 19.9. The SMILES string of the molecule is COc1cc(/C=C2\C(=O)NC(=O)N(c3cccc(Cl)c3C)C2=O)c(Br)cc1O. The molecule has 3 rings (SSSR count). The van der Waals surface area contributed by atoms with Gasteiger partial charge in [0.2, 0.25) is 0 Å². The molecule has 0 aliphatic carbocycles. The average molecular weight is 466 g/mol. The average Bonchev–Trinajstić information content (AvgIpc) is 2.63. The molecule has 1 heterocycles. The van der Waals surface area contributed by atoms with Gasteiger partial charge in [0.1, 0.15) is 5.57 Å². The molecule has 1 aliphatic heterocycles. The number of urea groups is 1. The monoisotopic (exact) mass is 464 g/mol. The number of nitrogens with one attached hydrogen (secondary N) is 1. The van der Waals surface area contributed by atoms with Crippen LogP contribution < -0.4 is 15.0 Å². The van der Waals surface area contributed by atoms with Crippen molar-refractivity contribution in [3.8, 4) is 11.5 Å². The summed E-state index contributed by atoms with van der Waals surface area (Å²) in [7, 11) is 1.38. The molecule has 0 bridgehead atoms. The lowest BCUT2D eigenvalue weighted by molar-refractivity contribution is -0.122. The fourth-order valence-corrected chi connectivity index (χ4v) is 3.32. The highest BCUT2D eigenvalue weighted by atomic mass is 79.9. The minimum Gasteiger partial charge on any atom is -0.504 e. The molecular formula is C19H14BrClN2O5. The smallest absolute Gasteiger partial charge is 0.335 e. The van der Waals surface area contributed by atoms with Crippen molar-refractivity contribution in [1.29, 1.82) is 0 Å². The Hall–Kier alpha value is -2.84. The van der Waals surface area contributed by atoms with Gasteiger partial charge in [-0.3, -0.25) is 14.9 Å². The van der Waals surface area contributed by atoms with Crippen molar-refractivity contribution < 1.29 is 24.2 Å². The highest BCUT2D eigenvalue weighted by molar-refractivity contribution is 9.10. The fraction of sp³-hybridized carbons (Fsp3) is 0.105. The van der Waals surface area contributed by atoms with E-state index in [1.165, 1.54) is 25.3 Å². The lowest BCUT2D eigenvalue weighted by atomic mass is 10.1. The van der Waals surface area contributed by atoms with Crippen LogP contribution in [-0.2, 0) is 9.59 Å². The maximum Gasteiger partial charge on any atom is 0.335 e. The normalized spacial score (nSPS) is 15.8. The van der Waals surface area contributed by atoms with Crippen LogP contribution in [0.4, 0.5) is 10.5 Å². The van der Waals surface area contributed by atoms with Crippen molar-refractivity contribution in [3.63, 3.8) is 0 Å². The Morgan fingerprint density at radius 3 is 2.64 bits per heavy atom. The van der Waals surface area contributed by atoms with E-state index in [2.05, 4.69) is 21.2 Å². The molecule has 4 amide bonds. The third-order valence-electron chi connectivity index (χ3n) is 4.18. The molecule has 1 fully saturated rings. The number of amides is 4. The number of carbonyl (C=O) groups is 3. The second-order valence-electron chi connectivity index (χ2n) is 5.89. The summed E-state index contributed by atoms with van der Waals surface area (Å²) in [5, 5.41) is 12.4. The highest BCUT2D eigenvalue weighted by Gasteiger charge is 2.37. The zero-order valence-corrected chi connectivity index (χ0v) is 17.1. The molecule has 144 valence electrons. The van der Waals surface area contributed by atoms with Crippen molar-refractivity contribution >= 4 is 57.1 Å². The molecule has 0 aromatic heterocycles. The van der Waals surface area contributed by atoms with Crippen LogP contribution in [0.15, 0.2) is 40.4 Å². The zero-order chi connectivity index (χ0) is 20.6. The molecule has 1 aliphatic rings. The first-order valence-electron chi connectivity index (χ1n) is 7.97. The van der Waals surface area contributed by atoms with Crippen molar-refractivity contribution in [2.24, 2.45) is 0 Å². The number of phenols is 1. The number of ether oxygens (including phenoxy) is 1. The minimum absolute atomic E-state index is 0.109. The number of carbonyl (C=O) groups excluding carboxylic acids is 3. The van der Waals surface area contributed by atoms with Crippen molar-refractivity contribution in [2.75, 3.05) is 12.0 Å². The van der Waals surface area contributed by atoms with Crippen molar-refractivity contribution in [1.82, 2.24) is 5.32 Å². The summed E-state index contributed by atoms with van der Waals surface area (Å²) < 4.78 is 5.49. The van der Waals surface area contributed by atoms with Gasteiger partial charge in [0.15, 0.2) is 11.5 Å². The second kappa shape index (κ2) is 7.65. The Morgan fingerprint density at radius 1 is 1.25 bits per heavy atom. The number of benzene rings is 2. The van der Waals surface area contributed by atoms with Gasteiger partial charge in [0, 0.05) is 9.50 Å². The van der Waals surface area contributed by atoms with Crippen LogP contribution in [0.2, 0.25) is 5.02 Å².